The lowest BCUT2D eigenvalue weighted by molar-refractivity contribution is 0.101. The number of rotatable bonds is 1. The zero-order valence-corrected chi connectivity index (χ0v) is 9.40. The van der Waals surface area contributed by atoms with E-state index in [4.69, 9.17) is 4.74 Å². The van der Waals surface area contributed by atoms with Crippen molar-refractivity contribution in [3.8, 4) is 11.5 Å². The van der Waals surface area contributed by atoms with E-state index in [0.717, 1.165) is 0 Å². The molecule has 0 unspecified atom stereocenters. The number of nitrogens with zero attached hydrogens (tertiary/aromatic N) is 1. The Hall–Kier alpha value is -2.14. The molecule has 3 rings (SSSR count). The number of ether oxygens (including phenoxy) is 1. The van der Waals surface area contributed by atoms with Crippen molar-refractivity contribution >= 4 is 23.2 Å². The van der Waals surface area contributed by atoms with Crippen LogP contribution < -0.4 is 4.74 Å². The number of phenolic OH excluding ortho intramolecular Hbond substituents is 1. The van der Waals surface area contributed by atoms with E-state index in [1.807, 2.05) is 5.38 Å². The number of carbonyl (C=O) groups is 1. The van der Waals surface area contributed by atoms with Gasteiger partial charge in [0.2, 0.25) is 5.78 Å². The minimum Gasteiger partial charge on any atom is -0.508 e. The first-order chi connectivity index (χ1) is 8.24. The van der Waals surface area contributed by atoms with Gasteiger partial charge in [0, 0.05) is 17.5 Å². The van der Waals surface area contributed by atoms with Crippen molar-refractivity contribution < 1.29 is 14.6 Å². The number of aromatic nitrogens is 1. The van der Waals surface area contributed by atoms with Crippen LogP contribution >= 0.6 is 11.3 Å². The van der Waals surface area contributed by atoms with Crippen LogP contribution in [0.15, 0.2) is 34.8 Å². The van der Waals surface area contributed by atoms with Crippen LogP contribution in [-0.4, -0.2) is 15.9 Å². The summed E-state index contributed by atoms with van der Waals surface area (Å²) in [5.41, 5.74) is 2.84. The molecule has 0 fully saturated rings. The van der Waals surface area contributed by atoms with Crippen molar-refractivity contribution in [1.29, 1.82) is 0 Å². The summed E-state index contributed by atoms with van der Waals surface area (Å²) in [7, 11) is 0. The summed E-state index contributed by atoms with van der Waals surface area (Å²) in [4.78, 5) is 16.0. The third-order valence-electron chi connectivity index (χ3n) is 2.38. The number of hydrogen-bond donors (Lipinski definition) is 1. The molecule has 1 aliphatic heterocycles. The molecule has 0 saturated carbocycles. The van der Waals surface area contributed by atoms with E-state index in [1.54, 1.807) is 17.7 Å². The maximum absolute atomic E-state index is 11.9. The number of phenols is 1. The van der Waals surface area contributed by atoms with Crippen LogP contribution in [-0.2, 0) is 0 Å². The molecule has 5 heteroatoms. The van der Waals surface area contributed by atoms with Crippen LogP contribution in [0.25, 0.3) is 6.08 Å². The van der Waals surface area contributed by atoms with E-state index in [0.29, 0.717) is 17.0 Å². The Morgan fingerprint density at radius 2 is 2.29 bits per heavy atom. The summed E-state index contributed by atoms with van der Waals surface area (Å²) in [6.45, 7) is 0. The second kappa shape index (κ2) is 3.71. The molecule has 84 valence electrons. The highest BCUT2D eigenvalue weighted by atomic mass is 32.1. The molecule has 1 N–H and O–H groups in total. The summed E-state index contributed by atoms with van der Waals surface area (Å²) >= 11 is 1.45. The first-order valence-electron chi connectivity index (χ1n) is 4.89. The number of benzene rings is 1. The standard InChI is InChI=1S/C12H7NO3S/c14-8-1-2-9-10(4-8)16-11(12(9)15)3-7-5-17-6-13-7/h1-6,14H. The average Bonchev–Trinajstić information content (AvgIpc) is 2.89. The van der Waals surface area contributed by atoms with E-state index in [1.165, 1.54) is 23.5 Å². The van der Waals surface area contributed by atoms with Gasteiger partial charge in [-0.25, -0.2) is 4.98 Å². The fourth-order valence-electron chi connectivity index (χ4n) is 1.60. The number of aromatic hydroxyl groups is 1. The Balaban J connectivity index is 2.02. The lowest BCUT2D eigenvalue weighted by atomic mass is 10.1. The SMILES string of the molecule is O=C1C(=Cc2cscn2)Oc2cc(O)ccc21. The summed E-state index contributed by atoms with van der Waals surface area (Å²) in [6.07, 6.45) is 1.59. The Kier molecular flexibility index (Phi) is 2.19. The molecule has 0 aliphatic carbocycles. The monoisotopic (exact) mass is 245 g/mol. The van der Waals surface area contributed by atoms with Crippen LogP contribution in [0.2, 0.25) is 0 Å². The third-order valence-corrected chi connectivity index (χ3v) is 2.99. The van der Waals surface area contributed by atoms with Gasteiger partial charge in [-0.2, -0.15) is 0 Å². The number of hydrogen-bond acceptors (Lipinski definition) is 5. The Morgan fingerprint density at radius 1 is 1.41 bits per heavy atom. The van der Waals surface area contributed by atoms with E-state index >= 15 is 0 Å². The summed E-state index contributed by atoms with van der Waals surface area (Å²) in [5, 5.41) is 11.1. The first kappa shape index (κ1) is 10.0. The highest BCUT2D eigenvalue weighted by Crippen LogP contribution is 2.34. The molecule has 17 heavy (non-hydrogen) atoms. The topological polar surface area (TPSA) is 59.4 Å². The van der Waals surface area contributed by atoms with Crippen molar-refractivity contribution in [3.05, 3.63) is 46.1 Å². The molecule has 2 heterocycles. The van der Waals surface area contributed by atoms with Crippen molar-refractivity contribution in [2.24, 2.45) is 0 Å². The predicted octanol–water partition coefficient (Wildman–Crippen LogP) is 2.46. The molecule has 1 aromatic heterocycles. The maximum atomic E-state index is 11.9. The number of allylic oxidation sites excluding steroid dienone is 1. The highest BCUT2D eigenvalue weighted by Gasteiger charge is 2.27. The van der Waals surface area contributed by atoms with Gasteiger partial charge in [0.05, 0.1) is 16.8 Å². The predicted molar refractivity (Wildman–Crippen MR) is 63.2 cm³/mol. The third kappa shape index (κ3) is 1.70. The molecule has 1 aromatic carbocycles. The van der Waals surface area contributed by atoms with Gasteiger partial charge in [0.25, 0.3) is 0 Å². The van der Waals surface area contributed by atoms with E-state index < -0.39 is 0 Å². The maximum Gasteiger partial charge on any atom is 0.232 e. The van der Waals surface area contributed by atoms with Gasteiger partial charge in [0.15, 0.2) is 5.76 Å². The van der Waals surface area contributed by atoms with Gasteiger partial charge in [-0.05, 0) is 12.1 Å². The van der Waals surface area contributed by atoms with Gasteiger partial charge in [-0.1, -0.05) is 0 Å². The minimum absolute atomic E-state index is 0.0754. The van der Waals surface area contributed by atoms with E-state index in [-0.39, 0.29) is 17.3 Å². The molecule has 0 atom stereocenters. The molecule has 0 radical (unpaired) electrons. The van der Waals surface area contributed by atoms with E-state index in [2.05, 4.69) is 4.98 Å². The summed E-state index contributed by atoms with van der Waals surface area (Å²) in [6, 6.07) is 4.44. The Labute approximate surface area is 101 Å². The van der Waals surface area contributed by atoms with Crippen LogP contribution in [0, 0.1) is 0 Å². The average molecular weight is 245 g/mol. The number of thiazole rings is 1. The van der Waals surface area contributed by atoms with Crippen LogP contribution in [0.3, 0.4) is 0 Å². The van der Waals surface area contributed by atoms with Gasteiger partial charge in [-0.15, -0.1) is 11.3 Å². The molecule has 0 amide bonds. The zero-order chi connectivity index (χ0) is 11.8. The van der Waals surface area contributed by atoms with Gasteiger partial charge >= 0.3 is 0 Å². The van der Waals surface area contributed by atoms with Gasteiger partial charge in [0.1, 0.15) is 11.5 Å². The molecule has 1 aliphatic rings. The fourth-order valence-corrected chi connectivity index (χ4v) is 2.11. The highest BCUT2D eigenvalue weighted by molar-refractivity contribution is 7.07. The van der Waals surface area contributed by atoms with Crippen molar-refractivity contribution in [2.45, 2.75) is 0 Å². The molecular formula is C12H7NO3S. The minimum atomic E-state index is -0.187. The van der Waals surface area contributed by atoms with Crippen molar-refractivity contribution in [2.75, 3.05) is 0 Å². The van der Waals surface area contributed by atoms with Crippen LogP contribution in [0.1, 0.15) is 16.1 Å². The van der Waals surface area contributed by atoms with Crippen LogP contribution in [0.5, 0.6) is 11.5 Å². The number of Topliss-reactive ketones (excluding diaryl/α,β-unsaturated/α-hetero) is 1. The smallest absolute Gasteiger partial charge is 0.232 e. The zero-order valence-electron chi connectivity index (χ0n) is 8.58. The summed E-state index contributed by atoms with van der Waals surface area (Å²) in [5.74, 6) is 0.507. The molecule has 4 nitrogen and oxygen atoms in total. The number of carbonyl (C=O) groups excluding carboxylic acids is 1. The second-order valence-electron chi connectivity index (χ2n) is 3.53. The second-order valence-corrected chi connectivity index (χ2v) is 4.25. The molecule has 0 saturated heterocycles. The largest absolute Gasteiger partial charge is 0.508 e. The fraction of sp³-hybridized carbons (Fsp3) is 0. The van der Waals surface area contributed by atoms with Gasteiger partial charge < -0.3 is 9.84 Å². The van der Waals surface area contributed by atoms with Gasteiger partial charge in [-0.3, -0.25) is 4.79 Å². The molecule has 2 aromatic rings. The quantitative estimate of drug-likeness (QED) is 0.784. The number of ketones is 1. The summed E-state index contributed by atoms with van der Waals surface area (Å²) < 4.78 is 5.39. The van der Waals surface area contributed by atoms with Crippen LogP contribution in [0.4, 0.5) is 0 Å². The Morgan fingerprint density at radius 3 is 3.06 bits per heavy atom. The molecule has 0 spiro atoms. The first-order valence-corrected chi connectivity index (χ1v) is 5.84. The lowest BCUT2D eigenvalue weighted by Crippen LogP contribution is -1.97. The van der Waals surface area contributed by atoms with Crippen molar-refractivity contribution in [1.82, 2.24) is 4.98 Å². The lowest BCUT2D eigenvalue weighted by Gasteiger charge is -1.97. The molecular weight excluding hydrogens is 238 g/mol. The van der Waals surface area contributed by atoms with Crippen molar-refractivity contribution in [3.63, 3.8) is 0 Å². The molecule has 0 bridgehead atoms. The Bertz CT molecular complexity index is 617. The normalized spacial score (nSPS) is 16.0. The number of fused-ring (bicyclic) bond motifs is 1. The van der Waals surface area contributed by atoms with E-state index in [9.17, 15) is 9.90 Å².